The quantitative estimate of drug-likeness (QED) is 0.640. The molecular formula is C15H15ClN2O6. The first-order valence-corrected chi connectivity index (χ1v) is 7.60. The number of anilines is 1. The largest absolute Gasteiger partial charge is 0.481 e. The van der Waals surface area contributed by atoms with Gasteiger partial charge in [-0.3, -0.25) is 14.9 Å². The number of ether oxygens (including phenoxy) is 1. The van der Waals surface area contributed by atoms with E-state index in [1.807, 2.05) is 0 Å². The van der Waals surface area contributed by atoms with Gasteiger partial charge in [-0.05, 0) is 12.1 Å². The van der Waals surface area contributed by atoms with Crippen LogP contribution < -0.4 is 11.1 Å². The van der Waals surface area contributed by atoms with Gasteiger partial charge >= 0.3 is 18.0 Å². The Bertz CT molecular complexity index is 726. The molecule has 2 aliphatic carbocycles. The Morgan fingerprint density at radius 1 is 1.29 bits per heavy atom. The smallest absolute Gasteiger partial charge is 0.411 e. The molecule has 3 rings (SSSR count). The van der Waals surface area contributed by atoms with Gasteiger partial charge in [0.1, 0.15) is 11.6 Å². The Morgan fingerprint density at radius 2 is 1.96 bits per heavy atom. The lowest BCUT2D eigenvalue weighted by molar-refractivity contribution is -0.146. The van der Waals surface area contributed by atoms with Crippen molar-refractivity contribution in [3.63, 3.8) is 0 Å². The molecule has 2 aliphatic rings. The molecule has 128 valence electrons. The second-order valence-corrected chi connectivity index (χ2v) is 6.47. The highest BCUT2D eigenvalue weighted by Gasteiger charge is 2.75. The number of nitrogens with one attached hydrogen (secondary N) is 1. The van der Waals surface area contributed by atoms with Crippen LogP contribution in [-0.4, -0.2) is 39.9 Å². The molecule has 0 heterocycles. The van der Waals surface area contributed by atoms with Crippen LogP contribution in [0.25, 0.3) is 0 Å². The fraction of sp³-hybridized carbons (Fsp3) is 0.400. The molecule has 1 aromatic carbocycles. The first-order chi connectivity index (χ1) is 11.3. The maximum Gasteiger partial charge on any atom is 0.411 e. The molecule has 1 aromatic rings. The van der Waals surface area contributed by atoms with Crippen LogP contribution in [0.2, 0.25) is 5.02 Å². The van der Waals surface area contributed by atoms with Crippen molar-refractivity contribution in [2.24, 2.45) is 23.5 Å². The van der Waals surface area contributed by atoms with Crippen molar-refractivity contribution in [1.29, 1.82) is 0 Å². The Balaban J connectivity index is 1.71. The standard InChI is InChI=1S/C15H15ClN2O6/c16-6-3-1-2-4-7(6)18-14(23)24-8-5-15(17,13(21)22)11-9(8)10(11)12(19)20/h1-4,8-11H,5,17H2,(H,18,23)(H,19,20)(H,21,22)/t8-,9-,10-,11+,15-/m1/s1. The highest BCUT2D eigenvalue weighted by molar-refractivity contribution is 6.33. The predicted octanol–water partition coefficient (Wildman–Crippen LogP) is 1.39. The number of hydrogen-bond acceptors (Lipinski definition) is 5. The van der Waals surface area contributed by atoms with E-state index < -0.39 is 47.4 Å². The number of halogens is 1. The number of carboxylic acid groups (broad SMARTS) is 2. The molecule has 9 heteroatoms. The molecule has 0 spiro atoms. The minimum Gasteiger partial charge on any atom is -0.481 e. The second kappa shape index (κ2) is 5.64. The summed E-state index contributed by atoms with van der Waals surface area (Å²) >= 11 is 5.93. The van der Waals surface area contributed by atoms with E-state index in [2.05, 4.69) is 5.32 Å². The fourth-order valence-corrected chi connectivity index (χ4v) is 3.76. The molecule has 24 heavy (non-hydrogen) atoms. The second-order valence-electron chi connectivity index (χ2n) is 6.07. The summed E-state index contributed by atoms with van der Waals surface area (Å²) in [5.41, 5.74) is 4.49. The Kier molecular flexibility index (Phi) is 3.89. The van der Waals surface area contributed by atoms with Gasteiger partial charge in [0, 0.05) is 18.3 Å². The van der Waals surface area contributed by atoms with E-state index in [1.54, 1.807) is 24.3 Å². The molecule has 0 aromatic heterocycles. The van der Waals surface area contributed by atoms with Crippen molar-refractivity contribution in [2.45, 2.75) is 18.1 Å². The van der Waals surface area contributed by atoms with Crippen molar-refractivity contribution in [3.8, 4) is 0 Å². The van der Waals surface area contributed by atoms with E-state index in [-0.39, 0.29) is 6.42 Å². The third-order valence-corrected chi connectivity index (χ3v) is 5.02. The number of rotatable bonds is 4. The number of nitrogens with two attached hydrogens (primary N) is 1. The highest BCUT2D eigenvalue weighted by Crippen LogP contribution is 2.62. The lowest BCUT2D eigenvalue weighted by Crippen LogP contribution is -2.51. The Labute approximate surface area is 141 Å². The summed E-state index contributed by atoms with van der Waals surface area (Å²) in [4.78, 5) is 34.6. The maximum atomic E-state index is 12.0. The summed E-state index contributed by atoms with van der Waals surface area (Å²) < 4.78 is 5.23. The van der Waals surface area contributed by atoms with Gasteiger partial charge in [-0.15, -0.1) is 0 Å². The molecule has 0 aliphatic heterocycles. The Morgan fingerprint density at radius 3 is 2.54 bits per heavy atom. The molecule has 5 N–H and O–H groups in total. The molecule has 0 unspecified atom stereocenters. The van der Waals surface area contributed by atoms with E-state index in [9.17, 15) is 24.6 Å². The van der Waals surface area contributed by atoms with E-state index >= 15 is 0 Å². The predicted molar refractivity (Wildman–Crippen MR) is 82.6 cm³/mol. The van der Waals surface area contributed by atoms with Gasteiger partial charge in [-0.2, -0.15) is 0 Å². The molecule has 2 fully saturated rings. The molecule has 8 nitrogen and oxygen atoms in total. The monoisotopic (exact) mass is 354 g/mol. The van der Waals surface area contributed by atoms with Crippen LogP contribution in [-0.2, 0) is 14.3 Å². The van der Waals surface area contributed by atoms with Crippen LogP contribution >= 0.6 is 11.6 Å². The van der Waals surface area contributed by atoms with Crippen LogP contribution in [0.1, 0.15) is 6.42 Å². The number of hydrogen-bond donors (Lipinski definition) is 4. The normalized spacial score (nSPS) is 33.4. The maximum absolute atomic E-state index is 12.0. The van der Waals surface area contributed by atoms with Gasteiger partial charge < -0.3 is 20.7 Å². The minimum atomic E-state index is -1.71. The summed E-state index contributed by atoms with van der Waals surface area (Å²) in [6.45, 7) is 0. The summed E-state index contributed by atoms with van der Waals surface area (Å²) in [5.74, 6) is -4.69. The van der Waals surface area contributed by atoms with E-state index in [4.69, 9.17) is 22.1 Å². The summed E-state index contributed by atoms with van der Waals surface area (Å²) in [5, 5.41) is 21.2. The third kappa shape index (κ3) is 2.57. The van der Waals surface area contributed by atoms with Gasteiger partial charge in [0.2, 0.25) is 0 Å². The summed E-state index contributed by atoms with van der Waals surface area (Å²) in [6, 6.07) is 6.52. The van der Waals surface area contributed by atoms with Gasteiger partial charge in [0.05, 0.1) is 16.6 Å². The van der Waals surface area contributed by atoms with Gasteiger partial charge in [0.15, 0.2) is 0 Å². The highest BCUT2D eigenvalue weighted by atomic mass is 35.5. The van der Waals surface area contributed by atoms with Crippen LogP contribution in [0.5, 0.6) is 0 Å². The van der Waals surface area contributed by atoms with Gasteiger partial charge in [-0.25, -0.2) is 4.79 Å². The van der Waals surface area contributed by atoms with E-state index in [0.29, 0.717) is 10.7 Å². The average Bonchev–Trinajstić information content (AvgIpc) is 3.18. The molecule has 0 bridgehead atoms. The molecular weight excluding hydrogens is 340 g/mol. The lowest BCUT2D eigenvalue weighted by Gasteiger charge is -2.24. The number of amides is 1. The van der Waals surface area contributed by atoms with Crippen molar-refractivity contribution in [1.82, 2.24) is 0 Å². The van der Waals surface area contributed by atoms with Crippen LogP contribution in [0, 0.1) is 17.8 Å². The molecule has 1 amide bonds. The lowest BCUT2D eigenvalue weighted by atomic mass is 9.91. The van der Waals surface area contributed by atoms with Crippen LogP contribution in [0.15, 0.2) is 24.3 Å². The van der Waals surface area contributed by atoms with Crippen molar-refractivity contribution < 1.29 is 29.3 Å². The Hall–Kier alpha value is -2.32. The fourth-order valence-electron chi connectivity index (χ4n) is 3.57. The zero-order chi connectivity index (χ0) is 17.6. The average molecular weight is 355 g/mol. The molecule has 5 atom stereocenters. The first kappa shape index (κ1) is 16.5. The zero-order valence-corrected chi connectivity index (χ0v) is 13.1. The number of carbonyl (C=O) groups excluding carboxylic acids is 1. The number of aliphatic carboxylic acids is 2. The van der Waals surface area contributed by atoms with E-state index in [0.717, 1.165) is 0 Å². The summed E-state index contributed by atoms with van der Waals surface area (Å²) in [6.07, 6.45) is -1.84. The van der Waals surface area contributed by atoms with E-state index in [1.165, 1.54) is 0 Å². The van der Waals surface area contributed by atoms with Gasteiger partial charge in [-0.1, -0.05) is 23.7 Å². The topological polar surface area (TPSA) is 139 Å². The third-order valence-electron chi connectivity index (χ3n) is 4.69. The number of fused-ring (bicyclic) bond motifs is 1. The van der Waals surface area contributed by atoms with Crippen molar-refractivity contribution >= 4 is 35.3 Å². The SMILES string of the molecule is N[C@]1(C(=O)O)C[C@@H](OC(=O)Nc2ccccc2Cl)[C@@H]2[C@@H](C(=O)O)[C@H]21. The number of para-hydroxylation sites is 1. The zero-order valence-electron chi connectivity index (χ0n) is 12.3. The first-order valence-electron chi connectivity index (χ1n) is 7.23. The van der Waals surface area contributed by atoms with Crippen molar-refractivity contribution in [3.05, 3.63) is 29.3 Å². The number of benzene rings is 1. The number of carboxylic acids is 2. The minimum absolute atomic E-state index is 0.128. The molecule has 2 saturated carbocycles. The summed E-state index contributed by atoms with van der Waals surface area (Å²) in [7, 11) is 0. The molecule has 0 saturated heterocycles. The van der Waals surface area contributed by atoms with Crippen molar-refractivity contribution in [2.75, 3.05) is 5.32 Å². The van der Waals surface area contributed by atoms with Crippen LogP contribution in [0.4, 0.5) is 10.5 Å². The number of carbonyl (C=O) groups is 3. The van der Waals surface area contributed by atoms with Crippen LogP contribution in [0.3, 0.4) is 0 Å². The molecule has 0 radical (unpaired) electrons. The van der Waals surface area contributed by atoms with Gasteiger partial charge in [0.25, 0.3) is 0 Å².